The van der Waals surface area contributed by atoms with Crippen LogP contribution in [0.25, 0.3) is 0 Å². The van der Waals surface area contributed by atoms with Crippen LogP contribution < -0.4 is 9.88 Å². The number of Topliss-reactive ketones (excluding diaryl/α,β-unsaturated/α-hetero) is 1. The lowest BCUT2D eigenvalue weighted by atomic mass is 9.44. The second-order valence-electron chi connectivity index (χ2n) is 15.9. The van der Waals surface area contributed by atoms with Crippen molar-refractivity contribution in [2.75, 3.05) is 11.1 Å². The molecule has 0 saturated heterocycles. The minimum absolute atomic E-state index is 0.0605. The number of aromatic nitrogens is 1. The minimum atomic E-state index is -0.684. The Labute approximate surface area is 290 Å². The summed E-state index contributed by atoms with van der Waals surface area (Å²) in [6, 6.07) is 11.6. The van der Waals surface area contributed by atoms with E-state index in [0.29, 0.717) is 25.1 Å². The first kappa shape index (κ1) is 36.1. The third-order valence-corrected chi connectivity index (χ3v) is 12.7. The number of aliphatic hydroxyl groups excluding tert-OH is 1. The highest BCUT2D eigenvalue weighted by Gasteiger charge is 2.68. The lowest BCUT2D eigenvalue weighted by molar-refractivity contribution is -0.688. The van der Waals surface area contributed by atoms with Crippen LogP contribution in [0.2, 0.25) is 0 Å². The number of nitrogens with one attached hydrogen (secondary N) is 1. The van der Waals surface area contributed by atoms with Crippen LogP contribution in [0.3, 0.4) is 0 Å². The number of aliphatic hydroxyl groups is 1. The summed E-state index contributed by atoms with van der Waals surface area (Å²) in [5, 5.41) is 14.5. The van der Waals surface area contributed by atoms with E-state index in [-0.39, 0.29) is 40.7 Å². The minimum Gasteiger partial charge on any atom is -0.461 e. The molecule has 260 valence electrons. The zero-order valence-electron chi connectivity index (χ0n) is 29.6. The first-order valence-electron chi connectivity index (χ1n) is 17.3. The van der Waals surface area contributed by atoms with Gasteiger partial charge in [0, 0.05) is 51.4 Å². The molecule has 9 heteroatoms. The van der Waals surface area contributed by atoms with E-state index >= 15 is 0 Å². The van der Waals surface area contributed by atoms with E-state index in [0.717, 1.165) is 29.7 Å². The molecule has 2 bridgehead atoms. The molecule has 1 aromatic carbocycles. The Bertz CT molecular complexity index is 1540. The van der Waals surface area contributed by atoms with Gasteiger partial charge in [0.2, 0.25) is 0 Å². The van der Waals surface area contributed by atoms with Gasteiger partial charge in [-0.3, -0.25) is 14.9 Å². The van der Waals surface area contributed by atoms with Crippen molar-refractivity contribution in [1.82, 2.24) is 0 Å². The molecule has 3 aliphatic carbocycles. The van der Waals surface area contributed by atoms with Gasteiger partial charge in [0.05, 0.1) is 11.9 Å². The van der Waals surface area contributed by atoms with Gasteiger partial charge < -0.3 is 14.6 Å². The summed E-state index contributed by atoms with van der Waals surface area (Å²) >= 11 is 1.42. The summed E-state index contributed by atoms with van der Waals surface area (Å²) < 4.78 is 13.8. The Morgan fingerprint density at radius 1 is 1.15 bits per heavy atom. The first-order valence-corrected chi connectivity index (χ1v) is 18.2. The quantitative estimate of drug-likeness (QED) is 0.130. The normalized spacial score (nSPS) is 33.2. The number of nitrogens with zero attached hydrogens (tertiary/aromatic N) is 1. The molecule has 0 spiro atoms. The molecule has 1 amide bonds. The number of amides is 1. The van der Waals surface area contributed by atoms with Gasteiger partial charge in [-0.05, 0) is 75.8 Å². The van der Waals surface area contributed by atoms with Crippen LogP contribution in [0.1, 0.15) is 86.1 Å². The SMILES string of the molecule is C=C[C@]1(C)C[C@@H](OC(=O)CSc2cc[n+](Cc3cccc(NC(=O)OC(C)(C)C)c3)cc2)[C@]2(C)[C@H](C)CC[C@]3(CCC(=O)[C@H]32)[C@@H](C)[C@@H]1O. The Balaban J connectivity index is 1.25. The van der Waals surface area contributed by atoms with Crippen LogP contribution >= 0.6 is 11.8 Å². The van der Waals surface area contributed by atoms with Crippen LogP contribution in [-0.2, 0) is 25.6 Å². The summed E-state index contributed by atoms with van der Waals surface area (Å²) in [6.07, 6.45) is 7.64. The number of esters is 1. The maximum absolute atomic E-state index is 13.6. The molecule has 2 aromatic rings. The third-order valence-electron chi connectivity index (χ3n) is 11.7. The summed E-state index contributed by atoms with van der Waals surface area (Å²) in [7, 11) is 0. The van der Waals surface area contributed by atoms with Gasteiger partial charge in [-0.25, -0.2) is 9.36 Å². The van der Waals surface area contributed by atoms with Crippen molar-refractivity contribution in [3.8, 4) is 0 Å². The monoisotopic (exact) mass is 677 g/mol. The largest absolute Gasteiger partial charge is 0.461 e. The maximum Gasteiger partial charge on any atom is 0.412 e. The molecule has 1 heterocycles. The third kappa shape index (κ3) is 7.09. The Hall–Kier alpha value is -3.17. The highest BCUT2D eigenvalue weighted by atomic mass is 32.2. The zero-order chi connectivity index (χ0) is 35.1. The fraction of sp³-hybridized carbons (Fsp3) is 0.590. The number of rotatable bonds is 8. The number of ketones is 1. The summed E-state index contributed by atoms with van der Waals surface area (Å²) in [6.45, 7) is 18.7. The van der Waals surface area contributed by atoms with Crippen molar-refractivity contribution in [2.24, 2.45) is 34.0 Å². The van der Waals surface area contributed by atoms with Crippen LogP contribution in [0.5, 0.6) is 0 Å². The molecule has 0 aliphatic heterocycles. The van der Waals surface area contributed by atoms with Gasteiger partial charge in [-0.2, -0.15) is 0 Å². The van der Waals surface area contributed by atoms with E-state index in [4.69, 9.17) is 9.47 Å². The summed E-state index contributed by atoms with van der Waals surface area (Å²) in [4.78, 5) is 40.3. The van der Waals surface area contributed by atoms with Gasteiger partial charge in [-0.15, -0.1) is 18.3 Å². The van der Waals surface area contributed by atoms with Gasteiger partial charge in [0.25, 0.3) is 0 Å². The average molecular weight is 678 g/mol. The van der Waals surface area contributed by atoms with E-state index < -0.39 is 34.7 Å². The number of hydrogen-bond acceptors (Lipinski definition) is 7. The van der Waals surface area contributed by atoms with Gasteiger partial charge >= 0.3 is 12.1 Å². The molecule has 1 aromatic heterocycles. The van der Waals surface area contributed by atoms with Crippen LogP contribution in [-0.4, -0.2) is 46.5 Å². The van der Waals surface area contributed by atoms with Crippen molar-refractivity contribution < 1.29 is 33.5 Å². The van der Waals surface area contributed by atoms with E-state index in [2.05, 4.69) is 32.7 Å². The van der Waals surface area contributed by atoms with Crippen molar-refractivity contribution in [3.63, 3.8) is 0 Å². The summed E-state index contributed by atoms with van der Waals surface area (Å²) in [5.41, 5.74) is -0.377. The smallest absolute Gasteiger partial charge is 0.412 e. The van der Waals surface area contributed by atoms with E-state index in [9.17, 15) is 19.5 Å². The molecular weight excluding hydrogens is 625 g/mol. The molecule has 3 saturated carbocycles. The number of carbonyl (C=O) groups is 3. The predicted molar refractivity (Wildman–Crippen MR) is 187 cm³/mol. The van der Waals surface area contributed by atoms with Crippen LogP contribution in [0, 0.1) is 34.0 Å². The molecule has 3 fully saturated rings. The van der Waals surface area contributed by atoms with E-state index in [1.807, 2.05) is 87.1 Å². The number of thioether (sulfide) groups is 1. The molecule has 0 unspecified atom stereocenters. The molecule has 8 nitrogen and oxygen atoms in total. The lowest BCUT2D eigenvalue weighted by Gasteiger charge is -2.61. The van der Waals surface area contributed by atoms with E-state index in [1.165, 1.54) is 11.8 Å². The highest BCUT2D eigenvalue weighted by Crippen LogP contribution is 2.68. The molecular formula is C39H53N2O6S+. The molecule has 3 aliphatic rings. The average Bonchev–Trinajstić information content (AvgIpc) is 3.38. The number of ether oxygens (including phenoxy) is 2. The number of carbonyl (C=O) groups excluding carboxylic acids is 3. The standard InChI is InChI=1S/C39H52N2O6S/c1-9-37(7)22-31(38(8)25(2)13-17-39(26(3)34(37)44)18-14-30(42)33(38)39)46-32(43)24-48-29-15-19-41(20-16-29)23-27-11-10-12-28(21-27)40-35(45)47-36(4,5)6/h9-12,15-16,19-21,25-26,31,33-34,44H,1,13-14,17-18,22-24H2,2-8H3/p+1/t25-,26+,31-,33+,34+,37-,38+,39+/m1/s1. The maximum atomic E-state index is 13.6. The number of benzene rings is 1. The second kappa shape index (κ2) is 13.6. The second-order valence-corrected chi connectivity index (χ2v) is 16.9. The topological polar surface area (TPSA) is 106 Å². The van der Waals surface area contributed by atoms with Gasteiger partial charge in [-0.1, -0.05) is 45.9 Å². The molecule has 0 radical (unpaired) electrons. The van der Waals surface area contributed by atoms with Crippen molar-refractivity contribution in [1.29, 1.82) is 0 Å². The lowest BCUT2D eigenvalue weighted by Crippen LogP contribution is -2.63. The number of anilines is 1. The van der Waals surface area contributed by atoms with Crippen molar-refractivity contribution >= 4 is 35.3 Å². The predicted octanol–water partition coefficient (Wildman–Crippen LogP) is 7.37. The van der Waals surface area contributed by atoms with Gasteiger partial charge in [0.15, 0.2) is 18.9 Å². The summed E-state index contributed by atoms with van der Waals surface area (Å²) in [5.74, 6) is -0.0363. The molecule has 5 rings (SSSR count). The van der Waals surface area contributed by atoms with Gasteiger partial charge in [0.1, 0.15) is 17.5 Å². The number of pyridine rings is 1. The first-order chi connectivity index (χ1) is 22.5. The van der Waals surface area contributed by atoms with Crippen molar-refractivity contribution in [2.45, 2.75) is 110 Å². The number of hydrogen-bond donors (Lipinski definition) is 2. The van der Waals surface area contributed by atoms with E-state index in [1.54, 1.807) is 0 Å². The molecule has 8 atom stereocenters. The van der Waals surface area contributed by atoms with Crippen LogP contribution in [0.4, 0.5) is 10.5 Å². The fourth-order valence-electron chi connectivity index (χ4n) is 8.86. The van der Waals surface area contributed by atoms with Crippen molar-refractivity contribution in [3.05, 3.63) is 67.0 Å². The fourth-order valence-corrected chi connectivity index (χ4v) is 9.53. The Kier molecular flexibility index (Phi) is 10.2. The zero-order valence-corrected chi connectivity index (χ0v) is 30.4. The van der Waals surface area contributed by atoms with Crippen LogP contribution in [0.15, 0.2) is 66.3 Å². The highest BCUT2D eigenvalue weighted by molar-refractivity contribution is 8.00. The molecule has 2 N–H and O–H groups in total. The Morgan fingerprint density at radius 2 is 1.85 bits per heavy atom. The Morgan fingerprint density at radius 3 is 2.52 bits per heavy atom. The molecule has 48 heavy (non-hydrogen) atoms.